The molecule has 2 atom stereocenters. The van der Waals surface area contributed by atoms with Crippen LogP contribution in [0.3, 0.4) is 0 Å². The van der Waals surface area contributed by atoms with Crippen molar-refractivity contribution < 1.29 is 23.0 Å². The quantitative estimate of drug-likeness (QED) is 0.872. The van der Waals surface area contributed by atoms with Gasteiger partial charge in [-0.3, -0.25) is 0 Å². The van der Waals surface area contributed by atoms with Crippen LogP contribution in [-0.4, -0.2) is 42.5 Å². The average Bonchev–Trinajstić information content (AvgIpc) is 2.70. The monoisotopic (exact) mass is 262 g/mol. The molecule has 1 aliphatic rings. The summed E-state index contributed by atoms with van der Waals surface area (Å²) in [6, 6.07) is 1.90. The maximum Gasteiger partial charge on any atom is 0.416 e. The number of ether oxygens (including phenoxy) is 1. The summed E-state index contributed by atoms with van der Waals surface area (Å²) < 4.78 is 42.7. The maximum atomic E-state index is 12.6. The molecule has 2 rings (SSSR count). The molecule has 0 aromatic carbocycles. The fourth-order valence-corrected chi connectivity index (χ4v) is 1.94. The smallest absolute Gasteiger partial charge is 0.388 e. The minimum Gasteiger partial charge on any atom is -0.388 e. The number of β-amino-alcohol motifs (C(OH)–C–C–N with tert-alkyl or cyclic N) is 1. The van der Waals surface area contributed by atoms with Crippen LogP contribution >= 0.6 is 0 Å². The maximum absolute atomic E-state index is 12.6. The van der Waals surface area contributed by atoms with Crippen molar-refractivity contribution in [3.63, 3.8) is 0 Å². The lowest BCUT2D eigenvalue weighted by atomic mass is 10.2. The van der Waals surface area contributed by atoms with E-state index in [2.05, 4.69) is 4.98 Å². The molecule has 1 saturated heterocycles. The van der Waals surface area contributed by atoms with Crippen LogP contribution in [0.25, 0.3) is 0 Å². The number of pyridine rings is 1. The summed E-state index contributed by atoms with van der Waals surface area (Å²) in [7, 11) is 1.46. The van der Waals surface area contributed by atoms with Gasteiger partial charge in [-0.15, -0.1) is 0 Å². The molecule has 1 aliphatic heterocycles. The summed E-state index contributed by atoms with van der Waals surface area (Å²) in [6.45, 7) is 0.540. The number of methoxy groups -OCH3 is 1. The number of halogens is 3. The molecule has 7 heteroatoms. The van der Waals surface area contributed by atoms with Crippen LogP contribution in [0.5, 0.6) is 0 Å². The van der Waals surface area contributed by atoms with E-state index >= 15 is 0 Å². The lowest BCUT2D eigenvalue weighted by molar-refractivity contribution is -0.137. The van der Waals surface area contributed by atoms with Crippen molar-refractivity contribution in [2.75, 3.05) is 25.1 Å². The van der Waals surface area contributed by atoms with Gasteiger partial charge < -0.3 is 14.7 Å². The summed E-state index contributed by atoms with van der Waals surface area (Å²) in [6.07, 6.45) is -4.39. The molecule has 0 amide bonds. The minimum absolute atomic E-state index is 0.198. The molecule has 1 aromatic rings. The second-order valence-electron chi connectivity index (χ2n) is 4.15. The predicted molar refractivity (Wildman–Crippen MR) is 58.3 cm³/mol. The van der Waals surface area contributed by atoms with E-state index in [-0.39, 0.29) is 12.4 Å². The summed E-state index contributed by atoms with van der Waals surface area (Å²) in [4.78, 5) is 5.47. The SMILES string of the molecule is CO[C@H]1CN(c2cc(C(F)(F)F)ccn2)C[C@@H]1O. The van der Waals surface area contributed by atoms with E-state index in [9.17, 15) is 18.3 Å². The summed E-state index contributed by atoms with van der Waals surface area (Å²) in [5.74, 6) is 0.198. The molecule has 1 aromatic heterocycles. The molecule has 2 heterocycles. The third-order valence-electron chi connectivity index (χ3n) is 2.94. The highest BCUT2D eigenvalue weighted by Crippen LogP contribution is 2.31. The van der Waals surface area contributed by atoms with Crippen LogP contribution in [0.2, 0.25) is 0 Å². The van der Waals surface area contributed by atoms with Crippen LogP contribution < -0.4 is 4.90 Å². The fraction of sp³-hybridized carbons (Fsp3) is 0.545. The van der Waals surface area contributed by atoms with Crippen molar-refractivity contribution in [3.8, 4) is 0 Å². The van der Waals surface area contributed by atoms with Gasteiger partial charge in [0.25, 0.3) is 0 Å². The summed E-state index contributed by atoms with van der Waals surface area (Å²) >= 11 is 0. The Hall–Kier alpha value is -1.34. The van der Waals surface area contributed by atoms with Crippen molar-refractivity contribution in [1.29, 1.82) is 0 Å². The second-order valence-corrected chi connectivity index (χ2v) is 4.15. The van der Waals surface area contributed by atoms with Gasteiger partial charge in [0, 0.05) is 26.4 Å². The Balaban J connectivity index is 2.20. The molecule has 0 aliphatic carbocycles. The van der Waals surface area contributed by atoms with Gasteiger partial charge in [0.2, 0.25) is 0 Å². The van der Waals surface area contributed by atoms with E-state index in [0.29, 0.717) is 6.54 Å². The third-order valence-corrected chi connectivity index (χ3v) is 2.94. The van der Waals surface area contributed by atoms with Crippen LogP contribution in [0.1, 0.15) is 5.56 Å². The van der Waals surface area contributed by atoms with E-state index in [4.69, 9.17) is 4.74 Å². The summed E-state index contributed by atoms with van der Waals surface area (Å²) in [5, 5.41) is 9.63. The van der Waals surface area contributed by atoms with Gasteiger partial charge in [0.05, 0.1) is 11.7 Å². The molecule has 0 spiro atoms. The van der Waals surface area contributed by atoms with E-state index in [1.807, 2.05) is 0 Å². The molecule has 0 radical (unpaired) electrons. The number of hydrogen-bond acceptors (Lipinski definition) is 4. The first-order chi connectivity index (χ1) is 8.41. The first kappa shape index (κ1) is 13.1. The molecule has 1 fully saturated rings. The molecular weight excluding hydrogens is 249 g/mol. The standard InChI is InChI=1S/C11H13F3N2O2/c1-18-9-6-16(5-8(9)17)10-4-7(2-3-15-10)11(12,13)14/h2-4,8-9,17H,5-6H2,1H3/t8-,9-/m0/s1. The number of aliphatic hydroxyl groups is 1. The van der Waals surface area contributed by atoms with E-state index in [1.54, 1.807) is 4.90 Å². The first-order valence-corrected chi connectivity index (χ1v) is 5.41. The van der Waals surface area contributed by atoms with Crippen molar-refractivity contribution in [2.45, 2.75) is 18.4 Å². The molecule has 4 nitrogen and oxygen atoms in total. The zero-order valence-electron chi connectivity index (χ0n) is 9.68. The van der Waals surface area contributed by atoms with Gasteiger partial charge in [-0.25, -0.2) is 4.98 Å². The van der Waals surface area contributed by atoms with Crippen LogP contribution in [0.15, 0.2) is 18.3 Å². The highest BCUT2D eigenvalue weighted by molar-refractivity contribution is 5.43. The average molecular weight is 262 g/mol. The van der Waals surface area contributed by atoms with Crippen molar-refractivity contribution in [1.82, 2.24) is 4.98 Å². The van der Waals surface area contributed by atoms with Crippen LogP contribution in [0, 0.1) is 0 Å². The van der Waals surface area contributed by atoms with Gasteiger partial charge in [-0.05, 0) is 12.1 Å². The van der Waals surface area contributed by atoms with E-state index in [1.165, 1.54) is 7.11 Å². The molecule has 1 N–H and O–H groups in total. The number of alkyl halides is 3. The number of rotatable bonds is 2. The number of aromatic nitrogens is 1. The van der Waals surface area contributed by atoms with Crippen LogP contribution in [-0.2, 0) is 10.9 Å². The van der Waals surface area contributed by atoms with Gasteiger partial charge in [0.1, 0.15) is 11.9 Å². The lowest BCUT2D eigenvalue weighted by Crippen LogP contribution is -2.25. The Morgan fingerprint density at radius 1 is 1.44 bits per heavy atom. The van der Waals surface area contributed by atoms with Gasteiger partial charge in [-0.1, -0.05) is 0 Å². The zero-order chi connectivity index (χ0) is 13.3. The Labute approximate surface area is 102 Å². The number of hydrogen-bond donors (Lipinski definition) is 1. The molecule has 0 saturated carbocycles. The second kappa shape index (κ2) is 4.74. The third kappa shape index (κ3) is 2.56. The predicted octanol–water partition coefficient (Wildman–Crippen LogP) is 1.30. The number of aliphatic hydroxyl groups excluding tert-OH is 1. The Kier molecular flexibility index (Phi) is 3.45. The van der Waals surface area contributed by atoms with Gasteiger partial charge >= 0.3 is 6.18 Å². The molecule has 18 heavy (non-hydrogen) atoms. The Bertz CT molecular complexity index is 425. The fourth-order valence-electron chi connectivity index (χ4n) is 1.94. The molecular formula is C11H13F3N2O2. The van der Waals surface area contributed by atoms with E-state index < -0.39 is 23.9 Å². The highest BCUT2D eigenvalue weighted by Gasteiger charge is 2.34. The number of anilines is 1. The van der Waals surface area contributed by atoms with Crippen molar-refractivity contribution in [3.05, 3.63) is 23.9 Å². The Morgan fingerprint density at radius 3 is 2.72 bits per heavy atom. The Morgan fingerprint density at radius 2 is 2.17 bits per heavy atom. The zero-order valence-corrected chi connectivity index (χ0v) is 9.68. The van der Waals surface area contributed by atoms with E-state index in [0.717, 1.165) is 18.3 Å². The minimum atomic E-state index is -4.39. The normalized spacial score (nSPS) is 24.6. The van der Waals surface area contributed by atoms with Crippen LogP contribution in [0.4, 0.5) is 19.0 Å². The first-order valence-electron chi connectivity index (χ1n) is 5.41. The molecule has 0 bridgehead atoms. The lowest BCUT2D eigenvalue weighted by Gasteiger charge is -2.17. The summed E-state index contributed by atoms with van der Waals surface area (Å²) in [5.41, 5.74) is -0.747. The van der Waals surface area contributed by atoms with Crippen molar-refractivity contribution in [2.24, 2.45) is 0 Å². The topological polar surface area (TPSA) is 45.6 Å². The highest BCUT2D eigenvalue weighted by atomic mass is 19.4. The molecule has 0 unspecified atom stereocenters. The van der Waals surface area contributed by atoms with Gasteiger partial charge in [-0.2, -0.15) is 13.2 Å². The van der Waals surface area contributed by atoms with Gasteiger partial charge in [0.15, 0.2) is 0 Å². The number of nitrogens with zero attached hydrogens (tertiary/aromatic N) is 2. The molecule has 100 valence electrons. The largest absolute Gasteiger partial charge is 0.416 e. The van der Waals surface area contributed by atoms with Crippen molar-refractivity contribution >= 4 is 5.82 Å².